The van der Waals surface area contributed by atoms with Gasteiger partial charge < -0.3 is 11.1 Å². The molecular weight excluding hydrogens is 172 g/mol. The van der Waals surface area contributed by atoms with E-state index >= 15 is 0 Å². The average Bonchev–Trinajstić information content (AvgIpc) is 2.19. The number of piperidine rings is 1. The highest BCUT2D eigenvalue weighted by molar-refractivity contribution is 5.41. The molecule has 0 radical (unpaired) electrons. The summed E-state index contributed by atoms with van der Waals surface area (Å²) >= 11 is 0. The van der Waals surface area contributed by atoms with Gasteiger partial charge in [0.25, 0.3) is 0 Å². The number of rotatable bonds is 1. The molecule has 1 aromatic carbocycles. The van der Waals surface area contributed by atoms with Gasteiger partial charge in [0, 0.05) is 11.7 Å². The summed E-state index contributed by atoms with van der Waals surface area (Å²) in [7, 11) is 0. The first-order valence-electron chi connectivity index (χ1n) is 5.34. The van der Waals surface area contributed by atoms with E-state index in [9.17, 15) is 0 Å². The van der Waals surface area contributed by atoms with Gasteiger partial charge in [0.1, 0.15) is 0 Å². The van der Waals surface area contributed by atoms with Crippen LogP contribution in [0.2, 0.25) is 0 Å². The van der Waals surface area contributed by atoms with Crippen LogP contribution in [0.4, 0.5) is 5.69 Å². The largest absolute Gasteiger partial charge is 0.399 e. The van der Waals surface area contributed by atoms with E-state index in [-0.39, 0.29) is 0 Å². The smallest absolute Gasteiger partial charge is 0.0321 e. The average molecular weight is 190 g/mol. The molecule has 0 aliphatic carbocycles. The second kappa shape index (κ2) is 4.01. The number of hydrogen-bond donors (Lipinski definition) is 2. The van der Waals surface area contributed by atoms with Gasteiger partial charge in [-0.1, -0.05) is 19.1 Å². The number of nitrogens with one attached hydrogen (secondary N) is 1. The van der Waals surface area contributed by atoms with Crippen molar-refractivity contribution in [3.63, 3.8) is 0 Å². The van der Waals surface area contributed by atoms with E-state index in [1.165, 1.54) is 18.4 Å². The van der Waals surface area contributed by atoms with Crippen molar-refractivity contribution in [3.8, 4) is 0 Å². The molecule has 0 amide bonds. The van der Waals surface area contributed by atoms with Crippen LogP contribution < -0.4 is 11.1 Å². The highest BCUT2D eigenvalue weighted by Gasteiger charge is 2.18. The van der Waals surface area contributed by atoms with Crippen molar-refractivity contribution in [2.45, 2.75) is 25.8 Å². The Kier molecular flexibility index (Phi) is 2.73. The van der Waals surface area contributed by atoms with Crippen LogP contribution in [-0.4, -0.2) is 6.54 Å². The molecule has 2 nitrogen and oxygen atoms in total. The highest BCUT2D eigenvalue weighted by Crippen LogP contribution is 2.26. The summed E-state index contributed by atoms with van der Waals surface area (Å²) in [5.74, 6) is 0.812. The third-order valence-corrected chi connectivity index (χ3v) is 2.97. The number of nitrogen functional groups attached to an aromatic ring is 1. The van der Waals surface area contributed by atoms with Crippen LogP contribution >= 0.6 is 0 Å². The number of nitrogens with two attached hydrogens (primary N) is 1. The minimum atomic E-state index is 0.509. The fourth-order valence-electron chi connectivity index (χ4n) is 2.06. The molecule has 0 aromatic heterocycles. The first-order chi connectivity index (χ1) is 6.75. The summed E-state index contributed by atoms with van der Waals surface area (Å²) in [4.78, 5) is 0. The zero-order chi connectivity index (χ0) is 9.97. The van der Waals surface area contributed by atoms with Crippen LogP contribution in [0.5, 0.6) is 0 Å². The van der Waals surface area contributed by atoms with Crippen LogP contribution in [0.1, 0.15) is 31.4 Å². The van der Waals surface area contributed by atoms with Gasteiger partial charge in [0.05, 0.1) is 0 Å². The third-order valence-electron chi connectivity index (χ3n) is 2.97. The summed E-state index contributed by atoms with van der Waals surface area (Å²) in [5.41, 5.74) is 7.96. The van der Waals surface area contributed by atoms with Crippen LogP contribution in [0.3, 0.4) is 0 Å². The molecule has 1 aliphatic rings. The summed E-state index contributed by atoms with van der Waals surface area (Å²) in [5, 5.41) is 3.56. The first kappa shape index (κ1) is 9.53. The van der Waals surface area contributed by atoms with E-state index in [1.54, 1.807) is 0 Å². The molecule has 1 fully saturated rings. The standard InChI is InChI=1S/C12H18N2/c1-9-5-6-12(14-8-9)10-3-2-4-11(13)7-10/h2-4,7,9,12,14H,5-6,8,13H2,1H3. The van der Waals surface area contributed by atoms with Crippen molar-refractivity contribution >= 4 is 5.69 Å². The Morgan fingerprint density at radius 2 is 2.21 bits per heavy atom. The fraction of sp³-hybridized carbons (Fsp3) is 0.500. The Labute approximate surface area is 85.5 Å². The zero-order valence-electron chi connectivity index (χ0n) is 8.66. The Morgan fingerprint density at radius 1 is 1.36 bits per heavy atom. The van der Waals surface area contributed by atoms with Crippen LogP contribution in [0.25, 0.3) is 0 Å². The molecule has 1 saturated heterocycles. The van der Waals surface area contributed by atoms with E-state index in [0.29, 0.717) is 6.04 Å². The molecule has 76 valence electrons. The van der Waals surface area contributed by atoms with Crippen LogP contribution in [-0.2, 0) is 0 Å². The Bertz CT molecular complexity index is 301. The molecule has 1 heterocycles. The van der Waals surface area contributed by atoms with Gasteiger partial charge in [-0.15, -0.1) is 0 Å². The van der Waals surface area contributed by atoms with Crippen molar-refractivity contribution in [1.29, 1.82) is 0 Å². The molecule has 2 unspecified atom stereocenters. The second-order valence-corrected chi connectivity index (χ2v) is 4.31. The third kappa shape index (κ3) is 2.07. The molecule has 0 saturated carbocycles. The minimum Gasteiger partial charge on any atom is -0.399 e. The van der Waals surface area contributed by atoms with E-state index in [1.807, 2.05) is 12.1 Å². The maximum absolute atomic E-state index is 5.76. The summed E-state index contributed by atoms with van der Waals surface area (Å²) in [6.45, 7) is 3.42. The van der Waals surface area contributed by atoms with Crippen molar-refractivity contribution in [2.24, 2.45) is 5.92 Å². The SMILES string of the molecule is CC1CCC(c2cccc(N)c2)NC1. The molecule has 14 heavy (non-hydrogen) atoms. The predicted molar refractivity (Wildman–Crippen MR) is 60.0 cm³/mol. The molecule has 1 aliphatic heterocycles. The molecule has 2 rings (SSSR count). The Balaban J connectivity index is 2.08. The van der Waals surface area contributed by atoms with Gasteiger partial charge in [-0.3, -0.25) is 0 Å². The molecule has 0 bridgehead atoms. The monoisotopic (exact) mass is 190 g/mol. The maximum Gasteiger partial charge on any atom is 0.0321 e. The van der Waals surface area contributed by atoms with E-state index in [4.69, 9.17) is 5.73 Å². The lowest BCUT2D eigenvalue weighted by Gasteiger charge is -2.28. The first-order valence-corrected chi connectivity index (χ1v) is 5.34. The van der Waals surface area contributed by atoms with Gasteiger partial charge in [-0.05, 0) is 43.0 Å². The van der Waals surface area contributed by atoms with Gasteiger partial charge in [-0.25, -0.2) is 0 Å². The Morgan fingerprint density at radius 3 is 2.86 bits per heavy atom. The van der Waals surface area contributed by atoms with Crippen molar-refractivity contribution in [3.05, 3.63) is 29.8 Å². The molecular formula is C12H18N2. The quantitative estimate of drug-likeness (QED) is 0.667. The van der Waals surface area contributed by atoms with Crippen molar-refractivity contribution < 1.29 is 0 Å². The molecule has 0 spiro atoms. The highest BCUT2D eigenvalue weighted by atomic mass is 14.9. The number of hydrogen-bond acceptors (Lipinski definition) is 2. The lowest BCUT2D eigenvalue weighted by atomic mass is 9.92. The van der Waals surface area contributed by atoms with E-state index < -0.39 is 0 Å². The zero-order valence-corrected chi connectivity index (χ0v) is 8.66. The van der Waals surface area contributed by atoms with E-state index in [2.05, 4.69) is 24.4 Å². The van der Waals surface area contributed by atoms with Gasteiger partial charge in [0.2, 0.25) is 0 Å². The summed E-state index contributed by atoms with van der Waals surface area (Å²) in [6.07, 6.45) is 2.54. The minimum absolute atomic E-state index is 0.509. The number of benzene rings is 1. The van der Waals surface area contributed by atoms with Crippen LogP contribution in [0, 0.1) is 5.92 Å². The topological polar surface area (TPSA) is 38.0 Å². The molecule has 1 aromatic rings. The predicted octanol–water partition coefficient (Wildman–Crippen LogP) is 2.33. The number of anilines is 1. The normalized spacial score (nSPS) is 27.5. The summed E-state index contributed by atoms with van der Waals surface area (Å²) < 4.78 is 0. The van der Waals surface area contributed by atoms with Crippen molar-refractivity contribution in [1.82, 2.24) is 5.32 Å². The lowest BCUT2D eigenvalue weighted by Crippen LogP contribution is -2.31. The van der Waals surface area contributed by atoms with Gasteiger partial charge >= 0.3 is 0 Å². The molecule has 2 heteroatoms. The summed E-state index contributed by atoms with van der Waals surface area (Å²) in [6, 6.07) is 8.71. The van der Waals surface area contributed by atoms with Gasteiger partial charge in [0.15, 0.2) is 0 Å². The molecule has 3 N–H and O–H groups in total. The molecule has 2 atom stereocenters. The van der Waals surface area contributed by atoms with Crippen LogP contribution in [0.15, 0.2) is 24.3 Å². The van der Waals surface area contributed by atoms with E-state index in [0.717, 1.165) is 18.2 Å². The second-order valence-electron chi connectivity index (χ2n) is 4.31. The van der Waals surface area contributed by atoms with Gasteiger partial charge in [-0.2, -0.15) is 0 Å². The lowest BCUT2D eigenvalue weighted by molar-refractivity contribution is 0.333. The fourth-order valence-corrected chi connectivity index (χ4v) is 2.06. The Hall–Kier alpha value is -1.02. The van der Waals surface area contributed by atoms with Crippen molar-refractivity contribution in [2.75, 3.05) is 12.3 Å². The maximum atomic E-state index is 5.76.